The van der Waals surface area contributed by atoms with Gasteiger partial charge in [-0.1, -0.05) is 136 Å². The van der Waals surface area contributed by atoms with Crippen LogP contribution in [-0.2, 0) is 25.8 Å². The third-order valence-corrected chi connectivity index (χ3v) is 18.3. The fourth-order valence-electron chi connectivity index (χ4n) is 11.9. The Morgan fingerprint density at radius 3 is 2.03 bits per heavy atom. The Hall–Kier alpha value is -5.30. The number of anilines is 1. The minimum absolute atomic E-state index is 0.181. The Labute approximate surface area is 425 Å². The number of ketones is 1. The van der Waals surface area contributed by atoms with E-state index in [0.717, 1.165) is 84.8 Å². The molecule has 4 heterocycles. The number of carboxylic acid groups (broad SMARTS) is 1. The van der Waals surface area contributed by atoms with Gasteiger partial charge in [-0.2, -0.15) is 9.84 Å². The number of rotatable bonds is 23. The zero-order valence-corrected chi connectivity index (χ0v) is 44.6. The number of nitriles is 1. The predicted molar refractivity (Wildman–Crippen MR) is 289 cm³/mol. The number of carbonyl (C=O) groups excluding carboxylic acids is 1. The zero-order valence-electron chi connectivity index (χ0n) is 43.0. The van der Waals surface area contributed by atoms with E-state index in [4.69, 9.17) is 0 Å². The topological polar surface area (TPSA) is 107 Å². The Morgan fingerprint density at radius 1 is 0.757 bits per heavy atom. The first-order valence-electron chi connectivity index (χ1n) is 26.4. The lowest BCUT2D eigenvalue weighted by molar-refractivity contribution is -0.438. The van der Waals surface area contributed by atoms with Gasteiger partial charge >= 0.3 is 5.97 Å². The molecule has 0 atom stereocenters. The number of benzene rings is 2. The Bertz CT molecular complexity index is 2860. The van der Waals surface area contributed by atoms with E-state index in [-0.39, 0.29) is 39.1 Å². The number of hydrogen-bond acceptors (Lipinski definition) is 7. The largest absolute Gasteiger partial charge is 0.871 e. The fraction of sp³-hybridized carbons (Fsp3) is 0.475. The van der Waals surface area contributed by atoms with Crippen LogP contribution in [0.2, 0.25) is 0 Å². The monoisotopic (exact) mass is 976 g/mol. The molecule has 0 bridgehead atoms. The van der Waals surface area contributed by atoms with Gasteiger partial charge in [0.1, 0.15) is 18.2 Å². The van der Waals surface area contributed by atoms with Crippen molar-refractivity contribution in [3.63, 3.8) is 0 Å². The number of carbonyl (C=O) groups is 2. The van der Waals surface area contributed by atoms with Crippen molar-refractivity contribution in [2.45, 2.75) is 174 Å². The zero-order chi connectivity index (χ0) is 50.0. The number of unbranched alkanes of at least 4 members (excludes halogenated alkanes) is 11. The summed E-state index contributed by atoms with van der Waals surface area (Å²) in [5, 5.41) is 33.8. The number of allylic oxidation sites excluding steroid dienone is 5. The van der Waals surface area contributed by atoms with Crippen molar-refractivity contribution < 1.29 is 24.4 Å². The van der Waals surface area contributed by atoms with Crippen LogP contribution in [0.5, 0.6) is 0 Å². The third-order valence-electron chi connectivity index (χ3n) is 15.8. The number of Topliss-reactive ketones (excluding diaryl/α,β-unsaturated/α-hetero) is 1. The number of hydrogen-bond donors (Lipinski definition) is 1. The molecule has 0 unspecified atom stereocenters. The molecule has 9 heteroatoms. The summed E-state index contributed by atoms with van der Waals surface area (Å²) in [6, 6.07) is 21.8. The van der Waals surface area contributed by atoms with Gasteiger partial charge in [-0.15, -0.1) is 22.7 Å². The van der Waals surface area contributed by atoms with Gasteiger partial charge in [0.15, 0.2) is 11.5 Å². The molecule has 2 aromatic heterocycles. The summed E-state index contributed by atoms with van der Waals surface area (Å²) < 4.78 is 2.39. The summed E-state index contributed by atoms with van der Waals surface area (Å²) in [5.74, 6) is -1.56. The molecule has 8 rings (SSSR count). The average molecular weight is 976 g/mol. The van der Waals surface area contributed by atoms with E-state index in [0.29, 0.717) is 0 Å². The third kappa shape index (κ3) is 9.24. The van der Waals surface area contributed by atoms with Gasteiger partial charge in [0.05, 0.1) is 5.41 Å². The van der Waals surface area contributed by atoms with Crippen LogP contribution >= 0.6 is 22.7 Å². The van der Waals surface area contributed by atoms with E-state index in [1.54, 1.807) is 17.4 Å². The second kappa shape index (κ2) is 21.2. The van der Waals surface area contributed by atoms with Gasteiger partial charge in [-0.25, -0.2) is 4.79 Å². The molecular weight excluding hydrogens is 903 g/mol. The van der Waals surface area contributed by atoms with Gasteiger partial charge in [0, 0.05) is 83.5 Å². The van der Waals surface area contributed by atoms with E-state index in [1.165, 1.54) is 101 Å². The highest BCUT2D eigenvalue weighted by atomic mass is 32.1. The molecule has 0 fully saturated rings. The van der Waals surface area contributed by atoms with Crippen LogP contribution in [0, 0.1) is 11.3 Å². The van der Waals surface area contributed by atoms with E-state index in [1.807, 2.05) is 35.6 Å². The maximum absolute atomic E-state index is 14.3. The summed E-state index contributed by atoms with van der Waals surface area (Å²) >= 11 is 3.45. The first-order valence-corrected chi connectivity index (χ1v) is 28.0. The number of likely N-dealkylation sites (N-methyl/N-ethyl adjacent to an activating group) is 1. The molecule has 2 aromatic carbocycles. The molecule has 0 radical (unpaired) electrons. The molecule has 1 N–H and O–H groups in total. The molecule has 0 saturated carbocycles. The maximum atomic E-state index is 14.3. The Kier molecular flexibility index (Phi) is 15.5. The molecule has 2 aliphatic heterocycles. The molecule has 2 aliphatic carbocycles. The lowest BCUT2D eigenvalue weighted by Gasteiger charge is -2.32. The van der Waals surface area contributed by atoms with Crippen molar-refractivity contribution >= 4 is 57.6 Å². The average Bonchev–Trinajstić information content (AvgIpc) is 4.12. The number of para-hydroxylation sites is 1. The highest BCUT2D eigenvalue weighted by Crippen LogP contribution is 2.61. The molecule has 4 aliphatic rings. The van der Waals surface area contributed by atoms with Crippen LogP contribution in [0.3, 0.4) is 0 Å². The van der Waals surface area contributed by atoms with Crippen LogP contribution in [0.4, 0.5) is 11.4 Å². The van der Waals surface area contributed by atoms with Crippen molar-refractivity contribution in [3.05, 3.63) is 122 Å². The second-order valence-corrected chi connectivity index (χ2v) is 23.3. The van der Waals surface area contributed by atoms with E-state index < -0.39 is 11.4 Å². The van der Waals surface area contributed by atoms with Crippen molar-refractivity contribution in [2.75, 3.05) is 18.0 Å². The molecular formula is C61H73N3O4S2. The van der Waals surface area contributed by atoms with Crippen LogP contribution < -0.4 is 10.0 Å². The summed E-state index contributed by atoms with van der Waals surface area (Å²) in [6.07, 6.45) is 23.7. The molecule has 4 aromatic rings. The minimum Gasteiger partial charge on any atom is -0.871 e. The summed E-state index contributed by atoms with van der Waals surface area (Å²) in [6.45, 7) is 19.2. The van der Waals surface area contributed by atoms with Gasteiger partial charge < -0.3 is 15.1 Å². The van der Waals surface area contributed by atoms with Crippen molar-refractivity contribution in [2.24, 2.45) is 0 Å². The van der Waals surface area contributed by atoms with Crippen LogP contribution in [0.15, 0.2) is 94.9 Å². The molecule has 7 nitrogen and oxygen atoms in total. The number of thiophene rings is 2. The summed E-state index contributed by atoms with van der Waals surface area (Å²) in [5.41, 5.74) is 9.75. The summed E-state index contributed by atoms with van der Waals surface area (Å²) in [7, 11) is 0. The SMILES string of the molecule is CCCCCCCC[N+]1=C(/C=C2\C(=O)C(/C=C3/N(CC)c4ccccc4C3(C)C)=C2[O-])C(C)(C)c2cc(-c3cc4c(s3)-c3sc(/C=C(\C#N)C(=O)O)cc3C4(CCCCCC)CCCCCC)ccc21. The highest BCUT2D eigenvalue weighted by molar-refractivity contribution is 7.24. The Balaban J connectivity index is 1.18. The highest BCUT2D eigenvalue weighted by Gasteiger charge is 2.48. The van der Waals surface area contributed by atoms with Gasteiger partial charge in [0.25, 0.3) is 0 Å². The van der Waals surface area contributed by atoms with Gasteiger partial charge in [-0.05, 0) is 105 Å². The molecule has 0 spiro atoms. The summed E-state index contributed by atoms with van der Waals surface area (Å²) in [4.78, 5) is 33.0. The van der Waals surface area contributed by atoms with Gasteiger partial charge in [0.2, 0.25) is 5.69 Å². The van der Waals surface area contributed by atoms with Crippen molar-refractivity contribution in [1.82, 2.24) is 0 Å². The first-order chi connectivity index (χ1) is 33.7. The molecule has 0 saturated heterocycles. The molecule has 368 valence electrons. The standard InChI is InChI=1S/C61H73N3O4S2/c1-9-13-16-19-20-25-32-64-50-29-28-40(34-46(50)60(7,8)53(64)37-44-54(65)43(55(44)66)36-52-59(5,6)45-26-21-22-27-49(45)63(52)12-4)51-38-48-57(70-51)56-47(35-42(69-56)33-41(39-62)58(67)68)61(48,30-23-17-14-10-2)31-24-18-15-11-3/h21-22,26-29,33-38H,9-20,23-25,30-32H2,1-8H3,(H-,65,66,67,68)/b41-33+. The van der Waals surface area contributed by atoms with E-state index >= 15 is 0 Å². The van der Waals surface area contributed by atoms with Gasteiger partial charge in [-0.3, -0.25) is 4.79 Å². The van der Waals surface area contributed by atoms with Crippen LogP contribution in [0.25, 0.3) is 26.3 Å². The Morgan fingerprint density at radius 2 is 1.39 bits per heavy atom. The fourth-order valence-corrected chi connectivity index (χ4v) is 14.5. The van der Waals surface area contributed by atoms with E-state index in [2.05, 4.69) is 113 Å². The quantitative estimate of drug-likeness (QED) is 0.0343. The first kappa shape index (κ1) is 51.1. The number of fused-ring (bicyclic) bond motifs is 5. The molecule has 0 amide bonds. The second-order valence-electron chi connectivity index (χ2n) is 21.1. The van der Waals surface area contributed by atoms with Crippen LogP contribution in [-0.4, -0.2) is 40.2 Å². The normalized spacial score (nSPS) is 18.4. The van der Waals surface area contributed by atoms with E-state index in [9.17, 15) is 25.1 Å². The van der Waals surface area contributed by atoms with Crippen LogP contribution in [0.1, 0.15) is 185 Å². The number of nitrogens with zero attached hydrogens (tertiary/aromatic N) is 3. The molecule has 70 heavy (non-hydrogen) atoms. The van der Waals surface area contributed by atoms with Crippen molar-refractivity contribution in [3.8, 4) is 26.3 Å². The minimum atomic E-state index is -1.20. The number of carboxylic acids is 1. The number of aliphatic carboxylic acids is 1. The maximum Gasteiger partial charge on any atom is 0.346 e. The lowest BCUT2D eigenvalue weighted by Crippen LogP contribution is -2.35. The smallest absolute Gasteiger partial charge is 0.346 e. The van der Waals surface area contributed by atoms with Crippen molar-refractivity contribution in [1.29, 1.82) is 5.26 Å². The predicted octanol–water partition coefficient (Wildman–Crippen LogP) is 15.2. The lowest BCUT2D eigenvalue weighted by atomic mass is 9.71.